The molecule has 26 heavy (non-hydrogen) atoms. The first-order valence-corrected chi connectivity index (χ1v) is 9.74. The Hall–Kier alpha value is -2.22. The predicted molar refractivity (Wildman–Crippen MR) is 102 cm³/mol. The van der Waals surface area contributed by atoms with Crippen LogP contribution in [0.5, 0.6) is 0 Å². The van der Waals surface area contributed by atoms with E-state index in [-0.39, 0.29) is 23.7 Å². The fourth-order valence-electron chi connectivity index (χ4n) is 3.56. The van der Waals surface area contributed by atoms with E-state index in [9.17, 15) is 9.59 Å². The number of thiophene rings is 1. The highest BCUT2D eigenvalue weighted by Crippen LogP contribution is 2.38. The molecular formula is C18H23N5O2S. The minimum absolute atomic E-state index is 0.0946. The van der Waals surface area contributed by atoms with E-state index in [4.69, 9.17) is 0 Å². The average molecular weight is 373 g/mol. The van der Waals surface area contributed by atoms with E-state index in [1.807, 2.05) is 20.8 Å². The maximum absolute atomic E-state index is 12.7. The van der Waals surface area contributed by atoms with Gasteiger partial charge in [0.25, 0.3) is 0 Å². The standard InChI is InChI=1S/C18H23N5O2S/c1-10-5-6-11-12(7-10)26-16-14(11)15-21-23(17(25)22(15)9-19-16)8-13(24)20-18(2,3)4/h9-10H,5-8H2,1-4H3,(H,20,24)/t10-/m1/s1. The molecule has 1 N–H and O–H groups in total. The van der Waals surface area contributed by atoms with Crippen LogP contribution in [0.3, 0.4) is 0 Å². The molecule has 4 rings (SSSR count). The molecule has 0 fully saturated rings. The van der Waals surface area contributed by atoms with Crippen molar-refractivity contribution in [2.24, 2.45) is 5.92 Å². The van der Waals surface area contributed by atoms with Gasteiger partial charge in [-0.1, -0.05) is 6.92 Å². The lowest BCUT2D eigenvalue weighted by Crippen LogP contribution is -2.43. The van der Waals surface area contributed by atoms with E-state index in [0.29, 0.717) is 11.6 Å². The van der Waals surface area contributed by atoms with Crippen LogP contribution in [0.4, 0.5) is 0 Å². The zero-order valence-electron chi connectivity index (χ0n) is 15.5. The van der Waals surface area contributed by atoms with Gasteiger partial charge in [0.2, 0.25) is 5.91 Å². The molecule has 0 saturated carbocycles. The van der Waals surface area contributed by atoms with Crippen LogP contribution in [-0.4, -0.2) is 30.6 Å². The van der Waals surface area contributed by atoms with Gasteiger partial charge in [-0.15, -0.1) is 16.4 Å². The van der Waals surface area contributed by atoms with Gasteiger partial charge in [0.05, 0.1) is 5.39 Å². The summed E-state index contributed by atoms with van der Waals surface area (Å²) in [4.78, 5) is 31.6. The molecule has 0 aliphatic heterocycles. The van der Waals surface area contributed by atoms with Crippen molar-refractivity contribution in [3.8, 4) is 0 Å². The van der Waals surface area contributed by atoms with Gasteiger partial charge in [-0.2, -0.15) is 0 Å². The quantitative estimate of drug-likeness (QED) is 0.746. The van der Waals surface area contributed by atoms with Gasteiger partial charge < -0.3 is 5.32 Å². The first kappa shape index (κ1) is 17.2. The van der Waals surface area contributed by atoms with Crippen LogP contribution in [0, 0.1) is 5.92 Å². The minimum atomic E-state index is -0.349. The van der Waals surface area contributed by atoms with Crippen molar-refractivity contribution in [2.45, 2.75) is 59.0 Å². The summed E-state index contributed by atoms with van der Waals surface area (Å²) in [5, 5.41) is 8.33. The van der Waals surface area contributed by atoms with Gasteiger partial charge in [0.15, 0.2) is 5.65 Å². The largest absolute Gasteiger partial charge is 0.352 e. The molecule has 0 radical (unpaired) electrons. The van der Waals surface area contributed by atoms with Crippen LogP contribution in [0.1, 0.15) is 44.6 Å². The Balaban J connectivity index is 1.80. The normalized spacial score (nSPS) is 17.6. The lowest BCUT2D eigenvalue weighted by molar-refractivity contribution is -0.123. The number of hydrogen-bond acceptors (Lipinski definition) is 5. The van der Waals surface area contributed by atoms with Crippen molar-refractivity contribution in [3.05, 3.63) is 27.3 Å². The van der Waals surface area contributed by atoms with Crippen LogP contribution < -0.4 is 11.0 Å². The fraction of sp³-hybridized carbons (Fsp3) is 0.556. The molecule has 3 heterocycles. The van der Waals surface area contributed by atoms with Gasteiger partial charge in [0.1, 0.15) is 17.7 Å². The second kappa shape index (κ2) is 5.90. The Labute approximate surface area is 155 Å². The Kier molecular flexibility index (Phi) is 3.91. The van der Waals surface area contributed by atoms with E-state index in [0.717, 1.165) is 29.5 Å². The summed E-state index contributed by atoms with van der Waals surface area (Å²) in [6.07, 6.45) is 4.71. The fourth-order valence-corrected chi connectivity index (χ4v) is 4.90. The SMILES string of the molecule is C[C@@H]1CCc2c(sc3ncn4c(=O)n(CC(=O)NC(C)(C)C)nc4c23)C1. The Morgan fingerprint density at radius 3 is 2.92 bits per heavy atom. The van der Waals surface area contributed by atoms with E-state index in [1.54, 1.807) is 11.3 Å². The highest BCUT2D eigenvalue weighted by molar-refractivity contribution is 7.19. The first-order chi connectivity index (χ1) is 12.2. The lowest BCUT2D eigenvalue weighted by Gasteiger charge is -2.20. The van der Waals surface area contributed by atoms with Crippen molar-refractivity contribution in [1.29, 1.82) is 0 Å². The Morgan fingerprint density at radius 2 is 2.19 bits per heavy atom. The molecule has 3 aromatic heterocycles. The zero-order chi connectivity index (χ0) is 18.6. The summed E-state index contributed by atoms with van der Waals surface area (Å²) >= 11 is 1.70. The third kappa shape index (κ3) is 2.92. The van der Waals surface area contributed by atoms with Crippen LogP contribution in [0.15, 0.2) is 11.1 Å². The van der Waals surface area contributed by atoms with Crippen LogP contribution in [-0.2, 0) is 24.2 Å². The van der Waals surface area contributed by atoms with Crippen molar-refractivity contribution in [1.82, 2.24) is 24.5 Å². The monoisotopic (exact) mass is 373 g/mol. The number of carbonyl (C=O) groups is 1. The molecule has 8 heteroatoms. The zero-order valence-corrected chi connectivity index (χ0v) is 16.3. The summed E-state index contributed by atoms with van der Waals surface area (Å²) in [5.41, 5.74) is 1.20. The van der Waals surface area contributed by atoms with Gasteiger partial charge in [-0.3, -0.25) is 4.79 Å². The third-order valence-corrected chi connectivity index (χ3v) is 5.85. The van der Waals surface area contributed by atoms with Gasteiger partial charge >= 0.3 is 5.69 Å². The van der Waals surface area contributed by atoms with E-state index >= 15 is 0 Å². The number of nitrogens with one attached hydrogen (secondary N) is 1. The number of nitrogens with zero attached hydrogens (tertiary/aromatic N) is 4. The second-order valence-electron chi connectivity index (χ2n) is 8.21. The van der Waals surface area contributed by atoms with Crippen molar-refractivity contribution >= 4 is 33.1 Å². The summed E-state index contributed by atoms with van der Waals surface area (Å²) in [6, 6.07) is 0. The Bertz CT molecular complexity index is 1070. The summed E-state index contributed by atoms with van der Waals surface area (Å²) in [7, 11) is 0. The van der Waals surface area contributed by atoms with E-state index in [1.165, 1.54) is 25.9 Å². The molecule has 3 aromatic rings. The molecule has 138 valence electrons. The number of fused-ring (bicyclic) bond motifs is 5. The third-order valence-electron chi connectivity index (χ3n) is 4.69. The molecule has 0 saturated heterocycles. The number of hydrogen-bond donors (Lipinski definition) is 1. The predicted octanol–water partition coefficient (Wildman–Crippen LogP) is 2.15. The number of carbonyl (C=O) groups excluding carboxylic acids is 1. The van der Waals surface area contributed by atoms with E-state index in [2.05, 4.69) is 22.3 Å². The number of aromatic nitrogens is 4. The van der Waals surface area contributed by atoms with Crippen LogP contribution >= 0.6 is 11.3 Å². The van der Waals surface area contributed by atoms with Crippen molar-refractivity contribution < 1.29 is 4.79 Å². The topological polar surface area (TPSA) is 81.3 Å². The number of rotatable bonds is 2. The van der Waals surface area contributed by atoms with Crippen molar-refractivity contribution in [3.63, 3.8) is 0 Å². The molecule has 1 aliphatic rings. The maximum Gasteiger partial charge on any atom is 0.352 e. The molecule has 0 bridgehead atoms. The van der Waals surface area contributed by atoms with Crippen LogP contribution in [0.2, 0.25) is 0 Å². The van der Waals surface area contributed by atoms with Gasteiger partial charge in [-0.25, -0.2) is 18.9 Å². The Morgan fingerprint density at radius 1 is 1.42 bits per heavy atom. The summed E-state index contributed by atoms with van der Waals surface area (Å²) in [5.74, 6) is 0.445. The molecule has 1 atom stereocenters. The van der Waals surface area contributed by atoms with Gasteiger partial charge in [-0.05, 0) is 51.5 Å². The second-order valence-corrected chi connectivity index (χ2v) is 9.29. The minimum Gasteiger partial charge on any atom is -0.350 e. The number of aryl methyl sites for hydroxylation is 1. The van der Waals surface area contributed by atoms with Crippen molar-refractivity contribution in [2.75, 3.05) is 0 Å². The first-order valence-electron chi connectivity index (χ1n) is 8.92. The van der Waals surface area contributed by atoms with Crippen LogP contribution in [0.25, 0.3) is 15.9 Å². The molecule has 0 spiro atoms. The van der Waals surface area contributed by atoms with Gasteiger partial charge in [0, 0.05) is 10.4 Å². The lowest BCUT2D eigenvalue weighted by atomic mass is 9.89. The molecule has 1 aliphatic carbocycles. The number of amides is 1. The molecular weight excluding hydrogens is 350 g/mol. The molecule has 7 nitrogen and oxygen atoms in total. The highest BCUT2D eigenvalue weighted by atomic mass is 32.1. The molecule has 1 amide bonds. The summed E-state index contributed by atoms with van der Waals surface area (Å²) < 4.78 is 2.69. The smallest absolute Gasteiger partial charge is 0.350 e. The highest BCUT2D eigenvalue weighted by Gasteiger charge is 2.24. The average Bonchev–Trinajstić information content (AvgIpc) is 3.03. The van der Waals surface area contributed by atoms with E-state index < -0.39 is 0 Å². The molecule has 0 unspecified atom stereocenters. The summed E-state index contributed by atoms with van der Waals surface area (Å²) in [6.45, 7) is 7.89. The maximum atomic E-state index is 12.7. The molecule has 0 aromatic carbocycles.